The second-order valence-electron chi connectivity index (χ2n) is 12.3. The minimum absolute atomic E-state index is 0.0368. The number of ketones is 1. The summed E-state index contributed by atoms with van der Waals surface area (Å²) in [6.45, 7) is 9.43. The quantitative estimate of drug-likeness (QED) is 0.324. The van der Waals surface area contributed by atoms with Crippen molar-refractivity contribution in [2.75, 3.05) is 7.11 Å². The zero-order valence-corrected chi connectivity index (χ0v) is 22.4. The summed E-state index contributed by atoms with van der Waals surface area (Å²) >= 11 is 0. The minimum Gasteiger partial charge on any atom is -0.472 e. The largest absolute Gasteiger partial charge is 0.472 e. The lowest BCUT2D eigenvalue weighted by Crippen LogP contribution is -2.66. The molecule has 0 radical (unpaired) electrons. The summed E-state index contributed by atoms with van der Waals surface area (Å²) in [4.78, 5) is 52.0. The first-order valence-corrected chi connectivity index (χ1v) is 13.1. The van der Waals surface area contributed by atoms with E-state index in [4.69, 9.17) is 18.6 Å². The number of furan rings is 1. The third kappa shape index (κ3) is 3.62. The maximum absolute atomic E-state index is 14.2. The Morgan fingerprint density at radius 1 is 1.16 bits per heavy atom. The van der Waals surface area contributed by atoms with Crippen LogP contribution in [-0.2, 0) is 33.4 Å². The molecule has 1 aliphatic heterocycles. The van der Waals surface area contributed by atoms with Gasteiger partial charge in [-0.05, 0) is 42.7 Å². The van der Waals surface area contributed by atoms with Crippen molar-refractivity contribution in [2.45, 2.75) is 78.9 Å². The number of methoxy groups -OCH3 is 1. The molecule has 0 spiro atoms. The van der Waals surface area contributed by atoms with E-state index in [1.54, 1.807) is 12.5 Å². The van der Waals surface area contributed by atoms with Gasteiger partial charge in [0.2, 0.25) is 0 Å². The molecule has 3 aliphatic carbocycles. The molecular weight excluding hydrogens is 476 g/mol. The van der Waals surface area contributed by atoms with Crippen LogP contribution in [0.2, 0.25) is 0 Å². The summed E-state index contributed by atoms with van der Waals surface area (Å²) in [5.74, 6) is -2.20. The SMILES string of the molecule is COC(=O)C[C@H]1C(C)(C)[C@H](OC(C)=O)[C@@H]2CC3=C4CC(=O)O[C@@H](c5ccoc5)[C@]4(C)CC[C@@H]3C1(C)C2=O. The van der Waals surface area contributed by atoms with Gasteiger partial charge in [-0.15, -0.1) is 0 Å². The fourth-order valence-electron chi connectivity index (χ4n) is 8.37. The van der Waals surface area contributed by atoms with Gasteiger partial charge in [0, 0.05) is 35.2 Å². The molecular formula is C29H36O8. The predicted octanol–water partition coefficient (Wildman–Crippen LogP) is 4.73. The van der Waals surface area contributed by atoms with Crippen LogP contribution >= 0.6 is 0 Å². The van der Waals surface area contributed by atoms with E-state index in [1.165, 1.54) is 14.0 Å². The number of esters is 3. The highest BCUT2D eigenvalue weighted by Gasteiger charge is 2.68. The van der Waals surface area contributed by atoms with Gasteiger partial charge in [-0.3, -0.25) is 19.2 Å². The lowest BCUT2D eigenvalue weighted by Gasteiger charge is -2.63. The Kier molecular flexibility index (Phi) is 5.96. The monoisotopic (exact) mass is 512 g/mol. The molecule has 1 saturated heterocycles. The van der Waals surface area contributed by atoms with Crippen LogP contribution in [-0.4, -0.2) is 36.9 Å². The molecule has 2 heterocycles. The van der Waals surface area contributed by atoms with Crippen molar-refractivity contribution in [1.29, 1.82) is 0 Å². The first kappa shape index (κ1) is 25.7. The van der Waals surface area contributed by atoms with Crippen molar-refractivity contribution in [3.8, 4) is 0 Å². The number of ether oxygens (including phenoxy) is 3. The summed E-state index contributed by atoms with van der Waals surface area (Å²) in [7, 11) is 1.35. The van der Waals surface area contributed by atoms with E-state index < -0.39 is 52.2 Å². The van der Waals surface area contributed by atoms with Gasteiger partial charge in [-0.1, -0.05) is 33.3 Å². The fourth-order valence-corrected chi connectivity index (χ4v) is 8.37. The molecule has 1 aromatic rings. The maximum Gasteiger partial charge on any atom is 0.310 e. The van der Waals surface area contributed by atoms with Gasteiger partial charge in [0.25, 0.3) is 0 Å². The summed E-state index contributed by atoms with van der Waals surface area (Å²) in [6, 6.07) is 1.83. The van der Waals surface area contributed by atoms with E-state index in [9.17, 15) is 19.2 Å². The molecule has 2 saturated carbocycles. The molecule has 1 unspecified atom stereocenters. The molecule has 37 heavy (non-hydrogen) atoms. The van der Waals surface area contributed by atoms with Crippen LogP contribution in [0.4, 0.5) is 0 Å². The number of hydrogen-bond acceptors (Lipinski definition) is 8. The number of Topliss-reactive ketones (excluding diaryl/α,β-unsaturated/α-hetero) is 1. The molecule has 4 aliphatic rings. The maximum atomic E-state index is 14.2. The van der Waals surface area contributed by atoms with Crippen LogP contribution in [0.3, 0.4) is 0 Å². The van der Waals surface area contributed by atoms with Crippen molar-refractivity contribution in [3.63, 3.8) is 0 Å². The van der Waals surface area contributed by atoms with Crippen LogP contribution in [0.5, 0.6) is 0 Å². The van der Waals surface area contributed by atoms with Crippen molar-refractivity contribution in [2.24, 2.45) is 34.0 Å². The molecule has 200 valence electrons. The first-order chi connectivity index (χ1) is 17.4. The van der Waals surface area contributed by atoms with E-state index in [0.717, 1.165) is 29.6 Å². The highest BCUT2D eigenvalue weighted by atomic mass is 16.6. The molecule has 3 fully saturated rings. The van der Waals surface area contributed by atoms with Crippen molar-refractivity contribution < 1.29 is 37.8 Å². The van der Waals surface area contributed by atoms with Gasteiger partial charge in [-0.2, -0.15) is 0 Å². The first-order valence-electron chi connectivity index (χ1n) is 13.1. The smallest absolute Gasteiger partial charge is 0.310 e. The third-order valence-electron chi connectivity index (χ3n) is 10.1. The van der Waals surface area contributed by atoms with E-state index in [-0.39, 0.29) is 30.5 Å². The number of rotatable bonds is 4. The molecule has 0 amide bonds. The second kappa shape index (κ2) is 8.57. The zero-order valence-electron chi connectivity index (χ0n) is 22.4. The van der Waals surface area contributed by atoms with Crippen molar-refractivity contribution in [3.05, 3.63) is 35.3 Å². The standard InChI is InChI=1S/C29H36O8/c1-15(30)36-26-18-11-17-19(29(5,24(18)33)21(27(26,2)3)13-22(31)34-6)7-9-28(4)20(17)12-23(32)37-25(28)16-8-10-35-14-16/h8,10,14,18-19,21,25-26H,7,9,11-13H2,1-6H3/t18-,19+,21+,25+,26-,28-,29?/m1/s1. The number of cyclic esters (lactones) is 1. The van der Waals surface area contributed by atoms with Crippen LogP contribution < -0.4 is 0 Å². The Balaban J connectivity index is 1.69. The average Bonchev–Trinajstić information content (AvgIpc) is 3.36. The fraction of sp³-hybridized carbons (Fsp3) is 0.655. The van der Waals surface area contributed by atoms with Crippen LogP contribution in [0.15, 0.2) is 34.2 Å². The Bertz CT molecular complexity index is 1180. The Morgan fingerprint density at radius 3 is 2.51 bits per heavy atom. The normalized spacial score (nSPS) is 38.3. The number of carbonyl (C=O) groups is 4. The van der Waals surface area contributed by atoms with Gasteiger partial charge in [0.05, 0.1) is 32.0 Å². The predicted molar refractivity (Wildman–Crippen MR) is 131 cm³/mol. The Morgan fingerprint density at radius 2 is 1.89 bits per heavy atom. The highest BCUT2D eigenvalue weighted by Crippen LogP contribution is 2.68. The van der Waals surface area contributed by atoms with Crippen LogP contribution in [0, 0.1) is 34.0 Å². The molecule has 0 N–H and O–H groups in total. The summed E-state index contributed by atoms with van der Waals surface area (Å²) in [5.41, 5.74) is 0.968. The van der Waals surface area contributed by atoms with E-state index in [0.29, 0.717) is 6.42 Å². The summed E-state index contributed by atoms with van der Waals surface area (Å²) in [6.07, 6.45) is 4.12. The lowest BCUT2D eigenvalue weighted by molar-refractivity contribution is -0.197. The van der Waals surface area contributed by atoms with Crippen LogP contribution in [0.25, 0.3) is 0 Å². The molecule has 8 heteroatoms. The van der Waals surface area contributed by atoms with Crippen molar-refractivity contribution >= 4 is 23.7 Å². The van der Waals surface area contributed by atoms with Gasteiger partial charge >= 0.3 is 17.9 Å². The number of allylic oxidation sites excluding steroid dienone is 1. The molecule has 2 bridgehead atoms. The average molecular weight is 513 g/mol. The summed E-state index contributed by atoms with van der Waals surface area (Å²) in [5, 5.41) is 0. The van der Waals surface area contributed by atoms with Gasteiger partial charge in [-0.25, -0.2) is 0 Å². The Labute approximate surface area is 217 Å². The minimum atomic E-state index is -0.868. The molecule has 5 rings (SSSR count). The molecule has 0 aromatic carbocycles. The zero-order chi connectivity index (χ0) is 26.9. The van der Waals surface area contributed by atoms with Crippen LogP contribution in [0.1, 0.15) is 78.4 Å². The van der Waals surface area contributed by atoms with Gasteiger partial charge in [0.15, 0.2) is 0 Å². The van der Waals surface area contributed by atoms with Crippen molar-refractivity contribution in [1.82, 2.24) is 0 Å². The van der Waals surface area contributed by atoms with E-state index in [1.807, 2.05) is 26.8 Å². The van der Waals surface area contributed by atoms with E-state index in [2.05, 4.69) is 6.92 Å². The lowest BCUT2D eigenvalue weighted by atomic mass is 9.40. The van der Waals surface area contributed by atoms with Gasteiger partial charge < -0.3 is 18.6 Å². The van der Waals surface area contributed by atoms with Gasteiger partial charge in [0.1, 0.15) is 18.0 Å². The molecule has 8 nitrogen and oxygen atoms in total. The number of hydrogen-bond donors (Lipinski definition) is 0. The molecule has 1 aromatic heterocycles. The number of fused-ring (bicyclic) bond motifs is 5. The van der Waals surface area contributed by atoms with E-state index >= 15 is 0 Å². The topological polar surface area (TPSA) is 109 Å². The second-order valence-corrected chi connectivity index (χ2v) is 12.3. The Hall–Kier alpha value is -2.90. The highest BCUT2D eigenvalue weighted by molar-refractivity contribution is 5.92. The third-order valence-corrected chi connectivity index (χ3v) is 10.1. The molecule has 7 atom stereocenters. The number of carbonyl (C=O) groups excluding carboxylic acids is 4. The summed E-state index contributed by atoms with van der Waals surface area (Å²) < 4.78 is 22.1.